The monoisotopic (exact) mass is 426 g/mol. The topological polar surface area (TPSA) is 51.9 Å². The van der Waals surface area contributed by atoms with Gasteiger partial charge in [-0.25, -0.2) is 4.98 Å². The molecule has 164 valence electrons. The molecule has 2 aromatic heterocycles. The molecule has 0 unspecified atom stereocenters. The predicted molar refractivity (Wildman–Crippen MR) is 129 cm³/mol. The van der Waals surface area contributed by atoms with Crippen LogP contribution in [0.15, 0.2) is 78.1 Å². The number of hydrogen-bond acceptors (Lipinski definition) is 3. The van der Waals surface area contributed by atoms with Crippen LogP contribution in [0.5, 0.6) is 0 Å². The standard InChI is InChI=1S/C27H30N4O/c1-20-4-6-23(7-5-20)18-30-19-29-17-25(30)10-12-28-16-24-8-9-26(22(3)15-24)31-13-11-21(2)14-27(31)32/h4-9,11,13-15,17,19,28H,10,12,16,18H2,1-3H3. The first-order valence-corrected chi connectivity index (χ1v) is 11.0. The lowest BCUT2D eigenvalue weighted by atomic mass is 10.1. The summed E-state index contributed by atoms with van der Waals surface area (Å²) < 4.78 is 3.92. The van der Waals surface area contributed by atoms with E-state index in [0.29, 0.717) is 0 Å². The Morgan fingerprint density at radius 1 is 0.906 bits per heavy atom. The van der Waals surface area contributed by atoms with Gasteiger partial charge in [0, 0.05) is 50.2 Å². The van der Waals surface area contributed by atoms with Crippen LogP contribution in [0.1, 0.15) is 33.5 Å². The first-order valence-electron chi connectivity index (χ1n) is 11.0. The summed E-state index contributed by atoms with van der Waals surface area (Å²) >= 11 is 0. The molecule has 32 heavy (non-hydrogen) atoms. The second-order valence-electron chi connectivity index (χ2n) is 8.46. The molecule has 4 rings (SSSR count). The van der Waals surface area contributed by atoms with Crippen molar-refractivity contribution in [2.24, 2.45) is 0 Å². The van der Waals surface area contributed by atoms with E-state index in [4.69, 9.17) is 0 Å². The van der Waals surface area contributed by atoms with Crippen LogP contribution in [0.25, 0.3) is 5.69 Å². The van der Waals surface area contributed by atoms with Crippen molar-refractivity contribution >= 4 is 0 Å². The highest BCUT2D eigenvalue weighted by atomic mass is 16.1. The number of aryl methyl sites for hydroxylation is 3. The van der Waals surface area contributed by atoms with Crippen molar-refractivity contribution in [3.63, 3.8) is 0 Å². The van der Waals surface area contributed by atoms with Crippen LogP contribution in [0.3, 0.4) is 0 Å². The van der Waals surface area contributed by atoms with E-state index < -0.39 is 0 Å². The summed E-state index contributed by atoms with van der Waals surface area (Å²) in [6.07, 6.45) is 6.62. The molecule has 0 fully saturated rings. The number of imidazole rings is 1. The van der Waals surface area contributed by atoms with Gasteiger partial charge in [-0.2, -0.15) is 0 Å². The summed E-state index contributed by atoms with van der Waals surface area (Å²) in [5.41, 5.74) is 7.99. The van der Waals surface area contributed by atoms with Crippen molar-refractivity contribution in [3.05, 3.63) is 117 Å². The molecule has 0 atom stereocenters. The minimum Gasteiger partial charge on any atom is -0.330 e. The maximum absolute atomic E-state index is 12.3. The fourth-order valence-electron chi connectivity index (χ4n) is 3.91. The second kappa shape index (κ2) is 9.79. The van der Waals surface area contributed by atoms with E-state index in [1.54, 1.807) is 10.6 Å². The van der Waals surface area contributed by atoms with Crippen molar-refractivity contribution in [3.8, 4) is 5.69 Å². The Morgan fingerprint density at radius 2 is 1.69 bits per heavy atom. The third-order valence-electron chi connectivity index (χ3n) is 5.75. The first-order chi connectivity index (χ1) is 15.5. The minimum absolute atomic E-state index is 0.00113. The van der Waals surface area contributed by atoms with Gasteiger partial charge in [0.05, 0.1) is 12.0 Å². The van der Waals surface area contributed by atoms with E-state index in [0.717, 1.165) is 42.9 Å². The van der Waals surface area contributed by atoms with Gasteiger partial charge in [0.25, 0.3) is 5.56 Å². The van der Waals surface area contributed by atoms with E-state index in [2.05, 4.69) is 65.1 Å². The molecule has 0 aliphatic carbocycles. The number of pyridine rings is 1. The molecule has 0 saturated heterocycles. The van der Waals surface area contributed by atoms with Crippen LogP contribution in [0, 0.1) is 20.8 Å². The molecule has 0 amide bonds. The van der Waals surface area contributed by atoms with Crippen molar-refractivity contribution in [1.82, 2.24) is 19.4 Å². The number of nitrogens with one attached hydrogen (secondary N) is 1. The summed E-state index contributed by atoms with van der Waals surface area (Å²) in [5.74, 6) is 0. The predicted octanol–water partition coefficient (Wildman–Crippen LogP) is 4.34. The Hall–Kier alpha value is -3.44. The summed E-state index contributed by atoms with van der Waals surface area (Å²) in [6.45, 7) is 8.59. The van der Waals surface area contributed by atoms with E-state index in [1.165, 1.54) is 22.4 Å². The molecule has 2 heterocycles. The van der Waals surface area contributed by atoms with Gasteiger partial charge in [-0.1, -0.05) is 42.0 Å². The van der Waals surface area contributed by atoms with Gasteiger partial charge in [0.15, 0.2) is 0 Å². The number of nitrogens with zero attached hydrogens (tertiary/aromatic N) is 3. The number of aromatic nitrogens is 3. The highest BCUT2D eigenvalue weighted by Gasteiger charge is 2.06. The molecule has 2 aromatic carbocycles. The molecule has 0 radical (unpaired) electrons. The quantitative estimate of drug-likeness (QED) is 0.427. The molecule has 0 bridgehead atoms. The van der Waals surface area contributed by atoms with Gasteiger partial charge in [0.2, 0.25) is 0 Å². The number of hydrogen-bond donors (Lipinski definition) is 1. The Morgan fingerprint density at radius 3 is 2.44 bits per heavy atom. The Bertz CT molecular complexity index is 1250. The minimum atomic E-state index is 0.00113. The van der Waals surface area contributed by atoms with E-state index in [9.17, 15) is 4.79 Å². The van der Waals surface area contributed by atoms with E-state index >= 15 is 0 Å². The second-order valence-corrected chi connectivity index (χ2v) is 8.46. The Kier molecular flexibility index (Phi) is 6.66. The van der Waals surface area contributed by atoms with Gasteiger partial charge >= 0.3 is 0 Å². The average molecular weight is 427 g/mol. The lowest BCUT2D eigenvalue weighted by Gasteiger charge is -2.12. The summed E-state index contributed by atoms with van der Waals surface area (Å²) in [7, 11) is 0. The first kappa shape index (κ1) is 21.8. The average Bonchev–Trinajstić information content (AvgIpc) is 3.20. The molecule has 0 aliphatic rings. The van der Waals surface area contributed by atoms with Crippen molar-refractivity contribution < 1.29 is 0 Å². The maximum Gasteiger partial charge on any atom is 0.255 e. The Labute approximate surface area is 189 Å². The zero-order valence-electron chi connectivity index (χ0n) is 19.0. The molecule has 4 aromatic rings. The largest absolute Gasteiger partial charge is 0.330 e. The lowest BCUT2D eigenvalue weighted by Crippen LogP contribution is -2.19. The van der Waals surface area contributed by atoms with Gasteiger partial charge in [-0.15, -0.1) is 0 Å². The van der Waals surface area contributed by atoms with Gasteiger partial charge < -0.3 is 9.88 Å². The molecule has 0 aliphatic heterocycles. The highest BCUT2D eigenvalue weighted by molar-refractivity contribution is 5.43. The lowest BCUT2D eigenvalue weighted by molar-refractivity contribution is 0.652. The molecular weight excluding hydrogens is 396 g/mol. The zero-order valence-corrected chi connectivity index (χ0v) is 19.0. The van der Waals surface area contributed by atoms with Crippen LogP contribution < -0.4 is 10.9 Å². The number of rotatable bonds is 8. The highest BCUT2D eigenvalue weighted by Crippen LogP contribution is 2.15. The van der Waals surface area contributed by atoms with Gasteiger partial charge in [-0.3, -0.25) is 9.36 Å². The zero-order chi connectivity index (χ0) is 22.5. The SMILES string of the molecule is Cc1ccc(Cn2cncc2CCNCc2ccc(-n3ccc(C)cc3=O)c(C)c2)cc1. The molecule has 0 spiro atoms. The van der Waals surface area contributed by atoms with Gasteiger partial charge in [-0.05, 0) is 55.2 Å². The van der Waals surface area contributed by atoms with Gasteiger partial charge in [0.1, 0.15) is 0 Å². The molecule has 0 saturated carbocycles. The van der Waals surface area contributed by atoms with Crippen LogP contribution in [0.4, 0.5) is 0 Å². The van der Waals surface area contributed by atoms with Crippen molar-refractivity contribution in [2.45, 2.75) is 40.3 Å². The molecule has 5 nitrogen and oxygen atoms in total. The third kappa shape index (κ3) is 5.24. The summed E-state index contributed by atoms with van der Waals surface area (Å²) in [6, 6.07) is 18.5. The van der Waals surface area contributed by atoms with E-state index in [1.807, 2.05) is 37.8 Å². The molecule has 5 heteroatoms. The van der Waals surface area contributed by atoms with Crippen LogP contribution in [-0.4, -0.2) is 20.7 Å². The maximum atomic E-state index is 12.3. The summed E-state index contributed by atoms with van der Waals surface area (Å²) in [5, 5.41) is 3.53. The van der Waals surface area contributed by atoms with Crippen LogP contribution in [-0.2, 0) is 19.5 Å². The fraction of sp³-hybridized carbons (Fsp3) is 0.259. The summed E-state index contributed by atoms with van der Waals surface area (Å²) in [4.78, 5) is 16.6. The third-order valence-corrected chi connectivity index (χ3v) is 5.75. The van der Waals surface area contributed by atoms with Crippen LogP contribution in [0.2, 0.25) is 0 Å². The fourth-order valence-corrected chi connectivity index (χ4v) is 3.91. The van der Waals surface area contributed by atoms with E-state index in [-0.39, 0.29) is 5.56 Å². The normalized spacial score (nSPS) is 11.1. The van der Waals surface area contributed by atoms with Crippen molar-refractivity contribution in [1.29, 1.82) is 0 Å². The smallest absolute Gasteiger partial charge is 0.255 e. The Balaban J connectivity index is 1.33. The number of benzene rings is 2. The molecular formula is C27H30N4O. The van der Waals surface area contributed by atoms with Crippen molar-refractivity contribution in [2.75, 3.05) is 6.54 Å². The molecule has 1 N–H and O–H groups in total. The van der Waals surface area contributed by atoms with Crippen LogP contribution >= 0.6 is 0 Å².